The largest absolute Gasteiger partial charge is 0.0651 e. The summed E-state index contributed by atoms with van der Waals surface area (Å²) in [6, 6.07) is 11.0. The van der Waals surface area contributed by atoms with E-state index >= 15 is 0 Å². The molecule has 0 nitrogen and oxygen atoms in total. The van der Waals surface area contributed by atoms with E-state index in [1.807, 2.05) is 0 Å². The number of rotatable bonds is 3. The lowest BCUT2D eigenvalue weighted by atomic mass is 9.82. The molecule has 1 fully saturated rings. The molecule has 0 aromatic heterocycles. The molecule has 0 aliphatic heterocycles. The molecule has 0 saturated heterocycles. The molecule has 1 aliphatic rings. The molecular weight excluding hydrogens is 156 g/mol. The lowest BCUT2D eigenvalue weighted by molar-refractivity contribution is 0.427. The molecule has 0 heteroatoms. The zero-order valence-corrected chi connectivity index (χ0v) is 8.59. The lowest BCUT2D eigenvalue weighted by Gasteiger charge is -2.22. The van der Waals surface area contributed by atoms with E-state index in [0.717, 1.165) is 5.92 Å². The van der Waals surface area contributed by atoms with E-state index in [1.165, 1.54) is 19.3 Å². The zero-order chi connectivity index (χ0) is 9.31. The highest BCUT2D eigenvalue weighted by molar-refractivity contribution is 5.31. The Morgan fingerprint density at radius 2 is 1.85 bits per heavy atom. The van der Waals surface area contributed by atoms with Gasteiger partial charge in [0.05, 0.1) is 0 Å². The van der Waals surface area contributed by atoms with Crippen LogP contribution >= 0.6 is 0 Å². The first-order valence-corrected chi connectivity index (χ1v) is 5.35. The maximum absolute atomic E-state index is 2.39. The molecule has 1 saturated carbocycles. The molecule has 0 bridgehead atoms. The molecule has 1 unspecified atom stereocenters. The van der Waals surface area contributed by atoms with Gasteiger partial charge in [-0.2, -0.15) is 0 Å². The predicted octanol–water partition coefficient (Wildman–Crippen LogP) is 3.76. The van der Waals surface area contributed by atoms with Crippen LogP contribution in [0.2, 0.25) is 0 Å². The highest BCUT2D eigenvalue weighted by Gasteiger charge is 2.47. The molecule has 0 radical (unpaired) electrons. The van der Waals surface area contributed by atoms with Gasteiger partial charge in [0, 0.05) is 0 Å². The second kappa shape index (κ2) is 3.17. The van der Waals surface area contributed by atoms with Crippen molar-refractivity contribution in [3.8, 4) is 0 Å². The van der Waals surface area contributed by atoms with Gasteiger partial charge in [-0.1, -0.05) is 50.6 Å². The third-order valence-corrected chi connectivity index (χ3v) is 3.69. The summed E-state index contributed by atoms with van der Waals surface area (Å²) in [7, 11) is 0. The Hall–Kier alpha value is -0.780. The van der Waals surface area contributed by atoms with Crippen LogP contribution in [0.15, 0.2) is 30.3 Å². The van der Waals surface area contributed by atoms with Gasteiger partial charge in [0.15, 0.2) is 0 Å². The first-order valence-electron chi connectivity index (χ1n) is 5.35. The lowest BCUT2D eigenvalue weighted by Crippen LogP contribution is -2.16. The standard InChI is InChI=1S/C13H18/c1-3-11(2)13(9-10-13)12-7-5-4-6-8-12/h4-8,11H,3,9-10H2,1-2H3. The second-order valence-corrected chi connectivity index (χ2v) is 4.33. The molecule has 1 aromatic carbocycles. The monoisotopic (exact) mass is 174 g/mol. The van der Waals surface area contributed by atoms with Crippen LogP contribution in [0, 0.1) is 5.92 Å². The van der Waals surface area contributed by atoms with Gasteiger partial charge in [0.25, 0.3) is 0 Å². The van der Waals surface area contributed by atoms with Crippen LogP contribution in [0.3, 0.4) is 0 Å². The minimum atomic E-state index is 0.552. The molecular formula is C13H18. The maximum Gasteiger partial charge on any atom is -0.00208 e. The fourth-order valence-electron chi connectivity index (χ4n) is 2.36. The molecule has 0 N–H and O–H groups in total. The van der Waals surface area contributed by atoms with E-state index < -0.39 is 0 Å². The summed E-state index contributed by atoms with van der Waals surface area (Å²) >= 11 is 0. The van der Waals surface area contributed by atoms with Crippen molar-refractivity contribution in [1.29, 1.82) is 0 Å². The van der Waals surface area contributed by atoms with E-state index in [1.54, 1.807) is 5.56 Å². The Kier molecular flexibility index (Phi) is 2.15. The van der Waals surface area contributed by atoms with Gasteiger partial charge in [-0.05, 0) is 29.7 Å². The van der Waals surface area contributed by atoms with Crippen molar-refractivity contribution in [1.82, 2.24) is 0 Å². The maximum atomic E-state index is 2.39. The van der Waals surface area contributed by atoms with Gasteiger partial charge < -0.3 is 0 Å². The average Bonchev–Trinajstić information content (AvgIpc) is 2.99. The van der Waals surface area contributed by atoms with E-state index in [0.29, 0.717) is 5.41 Å². The molecule has 0 spiro atoms. The van der Waals surface area contributed by atoms with Crippen molar-refractivity contribution in [2.45, 2.75) is 38.5 Å². The van der Waals surface area contributed by atoms with Gasteiger partial charge in [0.1, 0.15) is 0 Å². The van der Waals surface area contributed by atoms with Crippen LogP contribution in [0.25, 0.3) is 0 Å². The Morgan fingerprint density at radius 1 is 1.23 bits per heavy atom. The topological polar surface area (TPSA) is 0 Å². The van der Waals surface area contributed by atoms with Crippen LogP contribution in [0.5, 0.6) is 0 Å². The number of benzene rings is 1. The van der Waals surface area contributed by atoms with E-state index in [-0.39, 0.29) is 0 Å². The van der Waals surface area contributed by atoms with Crippen molar-refractivity contribution in [2.24, 2.45) is 5.92 Å². The molecule has 0 heterocycles. The third kappa shape index (κ3) is 1.39. The molecule has 70 valence electrons. The molecule has 0 amide bonds. The van der Waals surface area contributed by atoms with Crippen molar-refractivity contribution < 1.29 is 0 Å². The van der Waals surface area contributed by atoms with Gasteiger partial charge >= 0.3 is 0 Å². The molecule has 1 aromatic rings. The Bertz CT molecular complexity index is 269. The van der Waals surface area contributed by atoms with Crippen LogP contribution in [0.1, 0.15) is 38.7 Å². The first-order chi connectivity index (χ1) is 6.29. The summed E-state index contributed by atoms with van der Waals surface area (Å²) in [6.45, 7) is 4.69. The van der Waals surface area contributed by atoms with Crippen molar-refractivity contribution in [3.05, 3.63) is 35.9 Å². The molecule has 2 rings (SSSR count). The molecule has 1 aliphatic carbocycles. The minimum Gasteiger partial charge on any atom is -0.0651 e. The van der Waals surface area contributed by atoms with Crippen LogP contribution in [0.4, 0.5) is 0 Å². The van der Waals surface area contributed by atoms with Gasteiger partial charge in [-0.25, -0.2) is 0 Å². The van der Waals surface area contributed by atoms with Crippen molar-refractivity contribution >= 4 is 0 Å². The summed E-state index contributed by atoms with van der Waals surface area (Å²) in [4.78, 5) is 0. The fourth-order valence-corrected chi connectivity index (χ4v) is 2.36. The van der Waals surface area contributed by atoms with E-state index in [4.69, 9.17) is 0 Å². The highest BCUT2D eigenvalue weighted by Crippen LogP contribution is 2.54. The summed E-state index contributed by atoms with van der Waals surface area (Å²) < 4.78 is 0. The Morgan fingerprint density at radius 3 is 2.31 bits per heavy atom. The molecule has 1 atom stereocenters. The SMILES string of the molecule is CCC(C)C1(c2ccccc2)CC1. The average molecular weight is 174 g/mol. The van der Waals surface area contributed by atoms with Gasteiger partial charge in [-0.15, -0.1) is 0 Å². The third-order valence-electron chi connectivity index (χ3n) is 3.69. The predicted molar refractivity (Wildman–Crippen MR) is 56.8 cm³/mol. The smallest absolute Gasteiger partial charge is 0.00208 e. The highest BCUT2D eigenvalue weighted by atomic mass is 14.5. The van der Waals surface area contributed by atoms with Crippen molar-refractivity contribution in [3.63, 3.8) is 0 Å². The molecule has 13 heavy (non-hydrogen) atoms. The quantitative estimate of drug-likeness (QED) is 0.654. The van der Waals surface area contributed by atoms with Crippen LogP contribution < -0.4 is 0 Å². The minimum absolute atomic E-state index is 0.552. The van der Waals surface area contributed by atoms with Crippen molar-refractivity contribution in [2.75, 3.05) is 0 Å². The first kappa shape index (κ1) is 8.80. The number of hydrogen-bond acceptors (Lipinski definition) is 0. The van der Waals surface area contributed by atoms with Gasteiger partial charge in [0.2, 0.25) is 0 Å². The summed E-state index contributed by atoms with van der Waals surface area (Å²) in [5, 5.41) is 0. The second-order valence-electron chi connectivity index (χ2n) is 4.33. The summed E-state index contributed by atoms with van der Waals surface area (Å²) in [6.07, 6.45) is 4.09. The van der Waals surface area contributed by atoms with E-state index in [9.17, 15) is 0 Å². The fraction of sp³-hybridized carbons (Fsp3) is 0.538. The zero-order valence-electron chi connectivity index (χ0n) is 8.59. The Labute approximate surface area is 81.0 Å². The number of hydrogen-bond donors (Lipinski definition) is 0. The summed E-state index contributed by atoms with van der Waals surface area (Å²) in [5.41, 5.74) is 2.11. The van der Waals surface area contributed by atoms with E-state index in [2.05, 4.69) is 44.2 Å². The van der Waals surface area contributed by atoms with Crippen LogP contribution in [-0.2, 0) is 5.41 Å². The van der Waals surface area contributed by atoms with Gasteiger partial charge in [-0.3, -0.25) is 0 Å². The summed E-state index contributed by atoms with van der Waals surface area (Å²) in [5.74, 6) is 0.842. The Balaban J connectivity index is 2.26. The normalized spacial score (nSPS) is 21.1. The van der Waals surface area contributed by atoms with Crippen LogP contribution in [-0.4, -0.2) is 0 Å².